The summed E-state index contributed by atoms with van der Waals surface area (Å²) in [4.78, 5) is 14.6. The minimum Gasteiger partial charge on any atom is -0.450 e. The third kappa shape index (κ3) is 3.24. The topological polar surface area (TPSA) is 63.7 Å². The molecule has 2 aromatic carbocycles. The first-order valence-electron chi connectivity index (χ1n) is 8.18. The molecule has 1 aliphatic rings. The van der Waals surface area contributed by atoms with Crippen molar-refractivity contribution in [3.05, 3.63) is 65.9 Å². The molecule has 136 valence electrons. The average molecular weight is 371 g/mol. The number of carbonyl (C=O) groups excluding carboxylic acids is 1. The van der Waals surface area contributed by atoms with Crippen LogP contribution in [0.25, 0.3) is 5.57 Å². The number of cyclic esters (lactones) is 1. The van der Waals surface area contributed by atoms with E-state index >= 15 is 0 Å². The Balaban J connectivity index is 2.15. The quantitative estimate of drug-likeness (QED) is 0.772. The molecule has 0 saturated heterocycles. The van der Waals surface area contributed by atoms with Crippen LogP contribution >= 0.6 is 0 Å². The van der Waals surface area contributed by atoms with Gasteiger partial charge in [-0.2, -0.15) is 0 Å². The molecular formula is C20H21NO4S. The largest absolute Gasteiger partial charge is 0.450 e. The highest BCUT2D eigenvalue weighted by molar-refractivity contribution is 7.90. The molecule has 0 amide bonds. The standard InChI is InChI=1S/C20H21NO4S/c1-20(2)17(14-10-12-16(13-11-14)26(4,23)24)18(19(22)25-20)21(3)15-8-6-5-7-9-15/h5-13H,1-4H3. The summed E-state index contributed by atoms with van der Waals surface area (Å²) >= 11 is 0. The fourth-order valence-electron chi connectivity index (χ4n) is 3.16. The van der Waals surface area contributed by atoms with Gasteiger partial charge < -0.3 is 9.64 Å². The van der Waals surface area contributed by atoms with E-state index in [-0.39, 0.29) is 4.90 Å². The number of rotatable bonds is 4. The number of esters is 1. The zero-order valence-corrected chi connectivity index (χ0v) is 16.0. The van der Waals surface area contributed by atoms with Crippen LogP contribution in [0.2, 0.25) is 0 Å². The summed E-state index contributed by atoms with van der Waals surface area (Å²) in [5, 5.41) is 0. The van der Waals surface area contributed by atoms with E-state index in [1.165, 1.54) is 6.26 Å². The maximum Gasteiger partial charge on any atom is 0.356 e. The third-order valence-electron chi connectivity index (χ3n) is 4.43. The van der Waals surface area contributed by atoms with E-state index in [0.29, 0.717) is 5.70 Å². The predicted molar refractivity (Wildman–Crippen MR) is 101 cm³/mol. The van der Waals surface area contributed by atoms with E-state index in [1.807, 2.05) is 51.2 Å². The van der Waals surface area contributed by atoms with E-state index in [2.05, 4.69) is 0 Å². The summed E-state index contributed by atoms with van der Waals surface area (Å²) in [5.74, 6) is -0.399. The van der Waals surface area contributed by atoms with Gasteiger partial charge in [0, 0.05) is 24.6 Å². The maximum atomic E-state index is 12.6. The molecule has 1 heterocycles. The number of hydrogen-bond acceptors (Lipinski definition) is 5. The first-order chi connectivity index (χ1) is 12.1. The van der Waals surface area contributed by atoms with Gasteiger partial charge in [-0.05, 0) is 43.7 Å². The molecule has 0 radical (unpaired) electrons. The molecular weight excluding hydrogens is 350 g/mol. The van der Waals surface area contributed by atoms with Crippen LogP contribution in [-0.2, 0) is 19.4 Å². The van der Waals surface area contributed by atoms with Gasteiger partial charge in [-0.25, -0.2) is 13.2 Å². The molecule has 0 N–H and O–H groups in total. The number of nitrogens with zero attached hydrogens (tertiary/aromatic N) is 1. The summed E-state index contributed by atoms with van der Waals surface area (Å²) in [6.45, 7) is 3.66. The van der Waals surface area contributed by atoms with Crippen LogP contribution in [0.1, 0.15) is 19.4 Å². The third-order valence-corrected chi connectivity index (χ3v) is 5.56. The van der Waals surface area contributed by atoms with Crippen molar-refractivity contribution < 1.29 is 17.9 Å². The van der Waals surface area contributed by atoms with E-state index in [9.17, 15) is 13.2 Å². The Morgan fingerprint density at radius 2 is 1.54 bits per heavy atom. The smallest absolute Gasteiger partial charge is 0.356 e. The van der Waals surface area contributed by atoms with Gasteiger partial charge in [0.15, 0.2) is 9.84 Å². The number of sulfone groups is 1. The van der Waals surface area contributed by atoms with Crippen molar-refractivity contribution in [1.82, 2.24) is 0 Å². The second kappa shape index (κ2) is 6.29. The molecule has 0 bridgehead atoms. The van der Waals surface area contributed by atoms with Crippen LogP contribution in [0.4, 0.5) is 5.69 Å². The number of anilines is 1. The SMILES string of the molecule is CN(C1=C(c2ccc(S(C)(=O)=O)cc2)C(C)(C)OC1=O)c1ccccc1. The average Bonchev–Trinajstić information content (AvgIpc) is 2.83. The molecule has 0 aromatic heterocycles. The summed E-state index contributed by atoms with van der Waals surface area (Å²) in [5.41, 5.74) is 1.98. The van der Waals surface area contributed by atoms with Crippen molar-refractivity contribution in [2.75, 3.05) is 18.2 Å². The Kier molecular flexibility index (Phi) is 4.40. The minimum absolute atomic E-state index is 0.239. The Bertz CT molecular complexity index is 974. The Hall–Kier alpha value is -2.60. The van der Waals surface area contributed by atoms with E-state index in [4.69, 9.17) is 4.74 Å². The Labute approximate surface area is 153 Å². The first-order valence-corrected chi connectivity index (χ1v) is 10.1. The summed E-state index contributed by atoms with van der Waals surface area (Å²) < 4.78 is 29.0. The molecule has 0 spiro atoms. The van der Waals surface area contributed by atoms with Crippen LogP contribution in [0.15, 0.2) is 65.2 Å². The number of likely N-dealkylation sites (N-methyl/N-ethyl adjacent to an activating group) is 1. The maximum absolute atomic E-state index is 12.6. The highest BCUT2D eigenvalue weighted by Crippen LogP contribution is 2.41. The molecule has 0 unspecified atom stereocenters. The number of benzene rings is 2. The van der Waals surface area contributed by atoms with Crippen molar-refractivity contribution in [1.29, 1.82) is 0 Å². The molecule has 0 fully saturated rings. The van der Waals surface area contributed by atoms with E-state index in [0.717, 1.165) is 16.8 Å². The summed E-state index contributed by atoms with van der Waals surface area (Å²) in [7, 11) is -1.46. The van der Waals surface area contributed by atoms with Crippen molar-refractivity contribution >= 4 is 27.1 Å². The zero-order valence-electron chi connectivity index (χ0n) is 15.2. The van der Waals surface area contributed by atoms with Crippen LogP contribution in [0, 0.1) is 0 Å². The fourth-order valence-corrected chi connectivity index (χ4v) is 3.79. The molecule has 6 heteroatoms. The van der Waals surface area contributed by atoms with Gasteiger partial charge in [0.2, 0.25) is 0 Å². The van der Waals surface area contributed by atoms with Crippen molar-refractivity contribution in [3.63, 3.8) is 0 Å². The van der Waals surface area contributed by atoms with Crippen LogP contribution in [0.3, 0.4) is 0 Å². The Morgan fingerprint density at radius 3 is 2.08 bits per heavy atom. The van der Waals surface area contributed by atoms with Crippen molar-refractivity contribution in [2.45, 2.75) is 24.3 Å². The normalized spacial score (nSPS) is 16.5. The van der Waals surface area contributed by atoms with Gasteiger partial charge >= 0.3 is 5.97 Å². The lowest BCUT2D eigenvalue weighted by atomic mass is 9.91. The van der Waals surface area contributed by atoms with Crippen LogP contribution in [-0.4, -0.2) is 33.3 Å². The highest BCUT2D eigenvalue weighted by Gasteiger charge is 2.43. The lowest BCUT2D eigenvalue weighted by Crippen LogP contribution is -2.22. The molecule has 0 saturated carbocycles. The zero-order chi connectivity index (χ0) is 19.1. The van der Waals surface area contributed by atoms with Gasteiger partial charge in [-0.3, -0.25) is 0 Å². The lowest BCUT2D eigenvalue weighted by Gasteiger charge is -2.23. The molecule has 1 aliphatic heterocycles. The molecule has 5 nitrogen and oxygen atoms in total. The number of hydrogen-bond donors (Lipinski definition) is 0. The monoisotopic (exact) mass is 371 g/mol. The van der Waals surface area contributed by atoms with Crippen LogP contribution < -0.4 is 4.90 Å². The molecule has 2 aromatic rings. The molecule has 26 heavy (non-hydrogen) atoms. The number of para-hydroxylation sites is 1. The van der Waals surface area contributed by atoms with Gasteiger partial charge in [-0.15, -0.1) is 0 Å². The minimum atomic E-state index is -3.28. The van der Waals surface area contributed by atoms with Crippen LogP contribution in [0.5, 0.6) is 0 Å². The van der Waals surface area contributed by atoms with E-state index < -0.39 is 21.4 Å². The molecule has 3 rings (SSSR count). The second-order valence-electron chi connectivity index (χ2n) is 6.81. The van der Waals surface area contributed by atoms with Gasteiger partial charge in [0.05, 0.1) is 4.90 Å². The molecule has 0 atom stereocenters. The van der Waals surface area contributed by atoms with E-state index in [1.54, 1.807) is 29.2 Å². The van der Waals surface area contributed by atoms with Crippen molar-refractivity contribution in [3.8, 4) is 0 Å². The lowest BCUT2D eigenvalue weighted by molar-refractivity contribution is -0.143. The number of carbonyl (C=O) groups is 1. The first kappa shape index (κ1) is 18.2. The van der Waals surface area contributed by atoms with Crippen molar-refractivity contribution in [2.24, 2.45) is 0 Å². The highest BCUT2D eigenvalue weighted by atomic mass is 32.2. The summed E-state index contributed by atoms with van der Waals surface area (Å²) in [6, 6.07) is 16.1. The molecule has 0 aliphatic carbocycles. The Morgan fingerprint density at radius 1 is 0.962 bits per heavy atom. The second-order valence-corrected chi connectivity index (χ2v) is 8.83. The van der Waals surface area contributed by atoms with Gasteiger partial charge in [0.1, 0.15) is 11.3 Å². The number of ether oxygens (including phenoxy) is 1. The fraction of sp³-hybridized carbons (Fsp3) is 0.250. The predicted octanol–water partition coefficient (Wildman–Crippen LogP) is 3.27. The van der Waals surface area contributed by atoms with Gasteiger partial charge in [-0.1, -0.05) is 30.3 Å². The van der Waals surface area contributed by atoms with Gasteiger partial charge in [0.25, 0.3) is 0 Å². The summed E-state index contributed by atoms with van der Waals surface area (Å²) in [6.07, 6.45) is 1.17.